The number of aryl methyl sites for hydroxylation is 1. The fourth-order valence-corrected chi connectivity index (χ4v) is 3.06. The van der Waals surface area contributed by atoms with Crippen LogP contribution in [0.15, 0.2) is 30.5 Å². The summed E-state index contributed by atoms with van der Waals surface area (Å²) in [5.74, 6) is 0. The summed E-state index contributed by atoms with van der Waals surface area (Å²) in [6.45, 7) is 6.91. The monoisotopic (exact) mass is 269 g/mol. The third kappa shape index (κ3) is 2.38. The Balaban J connectivity index is 1.82. The molecule has 2 heterocycles. The largest absolute Gasteiger partial charge is 0.297 e. The van der Waals surface area contributed by atoms with E-state index in [4.69, 9.17) is 0 Å². The summed E-state index contributed by atoms with van der Waals surface area (Å²) in [6.07, 6.45) is 4.64. The quantitative estimate of drug-likeness (QED) is 0.849. The van der Waals surface area contributed by atoms with Crippen LogP contribution in [0.25, 0.3) is 11.1 Å². The first-order valence-corrected chi connectivity index (χ1v) is 7.50. The molecule has 0 radical (unpaired) electrons. The molecule has 3 nitrogen and oxygen atoms in total. The zero-order chi connectivity index (χ0) is 14.1. The average Bonchev–Trinajstić information content (AvgIpc) is 3.10. The molecule has 1 saturated heterocycles. The molecular formula is C17H23N3. The van der Waals surface area contributed by atoms with Crippen LogP contribution >= 0.6 is 0 Å². The summed E-state index contributed by atoms with van der Waals surface area (Å²) in [7, 11) is 1.99. The lowest BCUT2D eigenvalue weighted by molar-refractivity contribution is 0.263. The van der Waals surface area contributed by atoms with Crippen molar-refractivity contribution in [2.24, 2.45) is 7.05 Å². The van der Waals surface area contributed by atoms with Gasteiger partial charge in [-0.2, -0.15) is 5.10 Å². The van der Waals surface area contributed by atoms with Gasteiger partial charge in [-0.25, -0.2) is 0 Å². The lowest BCUT2D eigenvalue weighted by atomic mass is 10.0. The van der Waals surface area contributed by atoms with Crippen LogP contribution in [0.1, 0.15) is 37.1 Å². The molecular weight excluding hydrogens is 246 g/mol. The molecule has 0 aliphatic carbocycles. The standard InChI is InChI=1S/C17H23N3/c1-13(20-10-4-5-11-20)15-6-8-16(9-7-15)17-12-18-19(3)14(17)2/h6-9,12-13H,4-5,10-11H2,1-3H3/t13-/m1/s1. The van der Waals surface area contributed by atoms with E-state index in [1.165, 1.54) is 48.3 Å². The molecule has 0 bridgehead atoms. The van der Waals surface area contributed by atoms with Gasteiger partial charge in [0.05, 0.1) is 6.20 Å². The second-order valence-electron chi connectivity index (χ2n) is 5.81. The lowest BCUT2D eigenvalue weighted by Crippen LogP contribution is -2.23. The van der Waals surface area contributed by atoms with Crippen LogP contribution in [0.5, 0.6) is 0 Å². The number of nitrogens with zero attached hydrogens (tertiary/aromatic N) is 3. The molecule has 0 N–H and O–H groups in total. The second kappa shape index (κ2) is 5.41. The summed E-state index contributed by atoms with van der Waals surface area (Å²) in [5.41, 5.74) is 5.11. The molecule has 0 amide bonds. The molecule has 0 unspecified atom stereocenters. The van der Waals surface area contributed by atoms with Gasteiger partial charge in [0.25, 0.3) is 0 Å². The van der Waals surface area contributed by atoms with E-state index in [1.807, 2.05) is 17.9 Å². The fraction of sp³-hybridized carbons (Fsp3) is 0.471. The van der Waals surface area contributed by atoms with Gasteiger partial charge in [0.1, 0.15) is 0 Å². The van der Waals surface area contributed by atoms with Gasteiger partial charge in [0, 0.05) is 24.3 Å². The van der Waals surface area contributed by atoms with E-state index < -0.39 is 0 Å². The van der Waals surface area contributed by atoms with Crippen molar-refractivity contribution in [3.05, 3.63) is 41.7 Å². The Labute approximate surface area is 121 Å². The minimum atomic E-state index is 0.529. The minimum Gasteiger partial charge on any atom is -0.297 e. The Bertz CT molecular complexity index is 577. The van der Waals surface area contributed by atoms with Crippen LogP contribution in [0, 0.1) is 6.92 Å². The Kier molecular flexibility index (Phi) is 3.62. The predicted octanol–water partition coefficient (Wildman–Crippen LogP) is 3.55. The predicted molar refractivity (Wildman–Crippen MR) is 82.6 cm³/mol. The van der Waals surface area contributed by atoms with Crippen LogP contribution in [-0.2, 0) is 7.05 Å². The number of aromatic nitrogens is 2. The van der Waals surface area contributed by atoms with Crippen molar-refractivity contribution in [1.82, 2.24) is 14.7 Å². The maximum Gasteiger partial charge on any atom is 0.0571 e. The summed E-state index contributed by atoms with van der Waals surface area (Å²) in [4.78, 5) is 2.57. The van der Waals surface area contributed by atoms with Crippen molar-refractivity contribution < 1.29 is 0 Å². The van der Waals surface area contributed by atoms with Crippen LogP contribution in [0.4, 0.5) is 0 Å². The van der Waals surface area contributed by atoms with E-state index in [9.17, 15) is 0 Å². The first kappa shape index (κ1) is 13.4. The summed E-state index contributed by atoms with van der Waals surface area (Å²) in [5, 5.41) is 4.32. The Morgan fingerprint density at radius 3 is 2.30 bits per heavy atom. The van der Waals surface area contributed by atoms with E-state index in [0.29, 0.717) is 6.04 Å². The highest BCUT2D eigenvalue weighted by atomic mass is 15.3. The minimum absolute atomic E-state index is 0.529. The molecule has 20 heavy (non-hydrogen) atoms. The zero-order valence-electron chi connectivity index (χ0n) is 12.6. The molecule has 1 aromatic heterocycles. The van der Waals surface area contributed by atoms with E-state index >= 15 is 0 Å². The van der Waals surface area contributed by atoms with Gasteiger partial charge in [-0.05, 0) is 50.9 Å². The number of rotatable bonds is 3. The molecule has 0 spiro atoms. The van der Waals surface area contributed by atoms with Crippen molar-refractivity contribution in [2.75, 3.05) is 13.1 Å². The Morgan fingerprint density at radius 2 is 1.75 bits per heavy atom. The summed E-state index contributed by atoms with van der Waals surface area (Å²) >= 11 is 0. The van der Waals surface area contributed by atoms with Crippen molar-refractivity contribution in [1.29, 1.82) is 0 Å². The van der Waals surface area contributed by atoms with Crippen molar-refractivity contribution in [3.8, 4) is 11.1 Å². The molecule has 3 heteroatoms. The first-order chi connectivity index (χ1) is 9.66. The van der Waals surface area contributed by atoms with Gasteiger partial charge in [0.15, 0.2) is 0 Å². The lowest BCUT2D eigenvalue weighted by Gasteiger charge is -2.24. The highest BCUT2D eigenvalue weighted by Gasteiger charge is 2.19. The maximum absolute atomic E-state index is 4.32. The number of hydrogen-bond donors (Lipinski definition) is 0. The fourth-order valence-electron chi connectivity index (χ4n) is 3.06. The van der Waals surface area contributed by atoms with Gasteiger partial charge in [-0.3, -0.25) is 9.58 Å². The smallest absolute Gasteiger partial charge is 0.0571 e. The molecule has 106 valence electrons. The normalized spacial score (nSPS) is 17.6. The second-order valence-corrected chi connectivity index (χ2v) is 5.81. The third-order valence-corrected chi connectivity index (χ3v) is 4.63. The third-order valence-electron chi connectivity index (χ3n) is 4.63. The molecule has 1 atom stereocenters. The van der Waals surface area contributed by atoms with Crippen LogP contribution < -0.4 is 0 Å². The Hall–Kier alpha value is -1.61. The summed E-state index contributed by atoms with van der Waals surface area (Å²) in [6, 6.07) is 9.52. The van der Waals surface area contributed by atoms with Crippen molar-refractivity contribution in [2.45, 2.75) is 32.7 Å². The van der Waals surface area contributed by atoms with Crippen LogP contribution in [0.3, 0.4) is 0 Å². The van der Waals surface area contributed by atoms with Gasteiger partial charge >= 0.3 is 0 Å². The number of likely N-dealkylation sites (tertiary alicyclic amines) is 1. The highest BCUT2D eigenvalue weighted by molar-refractivity contribution is 5.65. The van der Waals surface area contributed by atoms with E-state index in [-0.39, 0.29) is 0 Å². The Morgan fingerprint density at radius 1 is 1.10 bits per heavy atom. The van der Waals surface area contributed by atoms with Crippen molar-refractivity contribution >= 4 is 0 Å². The van der Waals surface area contributed by atoms with Crippen molar-refractivity contribution in [3.63, 3.8) is 0 Å². The first-order valence-electron chi connectivity index (χ1n) is 7.50. The van der Waals surface area contributed by atoms with Gasteiger partial charge in [-0.1, -0.05) is 24.3 Å². The maximum atomic E-state index is 4.32. The molecule has 3 rings (SSSR count). The molecule has 1 aromatic carbocycles. The SMILES string of the molecule is Cc1c(-c2ccc([C@@H](C)N3CCCC3)cc2)cnn1C. The molecule has 0 saturated carbocycles. The molecule has 1 aliphatic rings. The molecule has 1 aliphatic heterocycles. The van der Waals surface area contributed by atoms with Gasteiger partial charge < -0.3 is 0 Å². The summed E-state index contributed by atoms with van der Waals surface area (Å²) < 4.78 is 1.93. The molecule has 1 fully saturated rings. The average molecular weight is 269 g/mol. The van der Waals surface area contributed by atoms with E-state index in [0.717, 1.165) is 0 Å². The van der Waals surface area contributed by atoms with Gasteiger partial charge in [-0.15, -0.1) is 0 Å². The van der Waals surface area contributed by atoms with Crippen LogP contribution in [-0.4, -0.2) is 27.8 Å². The topological polar surface area (TPSA) is 21.1 Å². The number of hydrogen-bond acceptors (Lipinski definition) is 2. The number of benzene rings is 1. The zero-order valence-corrected chi connectivity index (χ0v) is 12.6. The highest BCUT2D eigenvalue weighted by Crippen LogP contribution is 2.28. The van der Waals surface area contributed by atoms with Crippen LogP contribution in [0.2, 0.25) is 0 Å². The van der Waals surface area contributed by atoms with E-state index in [2.05, 4.69) is 48.1 Å². The molecule has 2 aromatic rings. The van der Waals surface area contributed by atoms with E-state index in [1.54, 1.807) is 0 Å². The van der Waals surface area contributed by atoms with Gasteiger partial charge in [0.2, 0.25) is 0 Å².